The van der Waals surface area contributed by atoms with Crippen molar-refractivity contribution >= 4 is 23.8 Å². The average Bonchev–Trinajstić information content (AvgIpc) is 3.30. The lowest BCUT2D eigenvalue weighted by Gasteiger charge is -2.32. The Morgan fingerprint density at radius 2 is 1.81 bits per heavy atom. The first-order valence-electron chi connectivity index (χ1n) is 13.0. The van der Waals surface area contributed by atoms with E-state index in [-0.39, 0.29) is 36.3 Å². The predicted molar refractivity (Wildman–Crippen MR) is 139 cm³/mol. The molecule has 0 saturated carbocycles. The SMILES string of the molecule is CC[C@H](N)C(=O)NC1C(=O)N2[C@@H](CC[C@@H]1CNC(=O)NC)CC[C@H]2C(=O)NCCc1ccc(OC)cc1. The molecule has 2 fully saturated rings. The quantitative estimate of drug-likeness (QED) is 0.301. The van der Waals surface area contributed by atoms with Crippen molar-refractivity contribution in [2.45, 2.75) is 69.6 Å². The third-order valence-electron chi connectivity index (χ3n) is 7.37. The van der Waals surface area contributed by atoms with Crippen LogP contribution in [0.3, 0.4) is 0 Å². The highest BCUT2D eigenvalue weighted by atomic mass is 16.5. The Labute approximate surface area is 218 Å². The molecule has 11 heteroatoms. The maximum Gasteiger partial charge on any atom is 0.314 e. The fourth-order valence-corrected chi connectivity index (χ4v) is 5.09. The predicted octanol–water partition coefficient (Wildman–Crippen LogP) is 0.275. The van der Waals surface area contributed by atoms with E-state index in [9.17, 15) is 19.2 Å². The molecule has 0 spiro atoms. The maximum atomic E-state index is 13.8. The third-order valence-corrected chi connectivity index (χ3v) is 7.37. The van der Waals surface area contributed by atoms with Crippen LogP contribution in [0.15, 0.2) is 24.3 Å². The van der Waals surface area contributed by atoms with Crippen LogP contribution >= 0.6 is 0 Å². The smallest absolute Gasteiger partial charge is 0.314 e. The van der Waals surface area contributed by atoms with Crippen LogP contribution < -0.4 is 31.7 Å². The minimum atomic E-state index is -0.875. The zero-order valence-electron chi connectivity index (χ0n) is 21.9. The first-order valence-corrected chi connectivity index (χ1v) is 13.0. The van der Waals surface area contributed by atoms with Crippen LogP contribution in [0.25, 0.3) is 0 Å². The lowest BCUT2D eigenvalue weighted by molar-refractivity contribution is -0.143. The van der Waals surface area contributed by atoms with E-state index in [1.165, 1.54) is 7.05 Å². The number of hydrogen-bond acceptors (Lipinski definition) is 6. The lowest BCUT2D eigenvalue weighted by atomic mass is 9.92. The Balaban J connectivity index is 1.69. The van der Waals surface area contributed by atoms with E-state index in [0.29, 0.717) is 45.1 Å². The van der Waals surface area contributed by atoms with Gasteiger partial charge in [0.25, 0.3) is 0 Å². The monoisotopic (exact) mass is 516 g/mol. The fourth-order valence-electron chi connectivity index (χ4n) is 5.09. The van der Waals surface area contributed by atoms with Crippen molar-refractivity contribution in [1.82, 2.24) is 26.2 Å². The summed E-state index contributed by atoms with van der Waals surface area (Å²) < 4.78 is 5.18. The van der Waals surface area contributed by atoms with Gasteiger partial charge in [-0.05, 0) is 56.2 Å². The number of carbonyl (C=O) groups is 4. The molecule has 37 heavy (non-hydrogen) atoms. The number of carbonyl (C=O) groups excluding carboxylic acids is 4. The molecule has 1 unspecified atom stereocenters. The molecule has 0 radical (unpaired) electrons. The number of methoxy groups -OCH3 is 1. The molecule has 0 aliphatic carbocycles. The second kappa shape index (κ2) is 13.3. The summed E-state index contributed by atoms with van der Waals surface area (Å²) in [5.41, 5.74) is 6.99. The van der Waals surface area contributed by atoms with Gasteiger partial charge in [0.1, 0.15) is 17.8 Å². The van der Waals surface area contributed by atoms with E-state index in [1.54, 1.807) is 18.9 Å². The molecule has 5 atom stereocenters. The summed E-state index contributed by atoms with van der Waals surface area (Å²) in [6.07, 6.45) is 3.68. The molecule has 1 aromatic rings. The number of benzene rings is 1. The van der Waals surface area contributed by atoms with Crippen LogP contribution in [0.5, 0.6) is 5.75 Å². The molecule has 204 valence electrons. The molecule has 11 nitrogen and oxygen atoms in total. The van der Waals surface area contributed by atoms with Gasteiger partial charge >= 0.3 is 6.03 Å². The minimum absolute atomic E-state index is 0.0888. The summed E-state index contributed by atoms with van der Waals surface area (Å²) in [5.74, 6) is -0.446. The van der Waals surface area contributed by atoms with Gasteiger partial charge in [-0.3, -0.25) is 14.4 Å². The van der Waals surface area contributed by atoms with Gasteiger partial charge in [0.15, 0.2) is 0 Å². The van der Waals surface area contributed by atoms with Gasteiger partial charge in [-0.15, -0.1) is 0 Å². The highest BCUT2D eigenvalue weighted by Gasteiger charge is 2.47. The van der Waals surface area contributed by atoms with E-state index >= 15 is 0 Å². The molecule has 0 bridgehead atoms. The van der Waals surface area contributed by atoms with Gasteiger partial charge in [-0.25, -0.2) is 4.79 Å². The largest absolute Gasteiger partial charge is 0.497 e. The summed E-state index contributed by atoms with van der Waals surface area (Å²) in [5, 5.41) is 11.1. The standard InChI is InChI=1S/C26H40N6O5/c1-4-20(27)23(33)31-22-17(15-30-26(36)28-2)7-8-18-9-12-21(32(18)25(22)35)24(34)29-14-13-16-5-10-19(37-3)11-6-16/h5-6,10-11,17-18,20-22H,4,7-9,12-15,27H2,1-3H3,(H,29,34)(H,31,33)(H2,28,30,36)/t17-,18+,20+,21+,22?/m1/s1. The number of amides is 5. The summed E-state index contributed by atoms with van der Waals surface area (Å²) in [6, 6.07) is 5.00. The van der Waals surface area contributed by atoms with Gasteiger partial charge in [0.2, 0.25) is 17.7 Å². The summed E-state index contributed by atoms with van der Waals surface area (Å²) in [4.78, 5) is 53.1. The van der Waals surface area contributed by atoms with E-state index in [2.05, 4.69) is 21.3 Å². The Kier molecular flexibility index (Phi) is 10.1. The first kappa shape index (κ1) is 28.2. The summed E-state index contributed by atoms with van der Waals surface area (Å²) >= 11 is 0. The normalized spacial score (nSPS) is 23.9. The van der Waals surface area contributed by atoms with Crippen LogP contribution in [-0.2, 0) is 20.8 Å². The number of ether oxygens (including phenoxy) is 1. The topological polar surface area (TPSA) is 155 Å². The van der Waals surface area contributed by atoms with Crippen molar-refractivity contribution in [3.8, 4) is 5.75 Å². The number of fused-ring (bicyclic) bond motifs is 1. The van der Waals surface area contributed by atoms with Crippen molar-refractivity contribution in [3.63, 3.8) is 0 Å². The van der Waals surface area contributed by atoms with Gasteiger partial charge in [-0.2, -0.15) is 0 Å². The third kappa shape index (κ3) is 7.12. The van der Waals surface area contributed by atoms with E-state index in [1.807, 2.05) is 24.3 Å². The van der Waals surface area contributed by atoms with Crippen LogP contribution in [0.4, 0.5) is 4.79 Å². The highest BCUT2D eigenvalue weighted by molar-refractivity contribution is 5.94. The van der Waals surface area contributed by atoms with E-state index in [4.69, 9.17) is 10.5 Å². The minimum Gasteiger partial charge on any atom is -0.497 e. The lowest BCUT2D eigenvalue weighted by Crippen LogP contribution is -2.59. The number of urea groups is 1. The molecule has 6 N–H and O–H groups in total. The molecular weight excluding hydrogens is 476 g/mol. The van der Waals surface area contributed by atoms with Crippen molar-refractivity contribution in [2.24, 2.45) is 11.7 Å². The second-order valence-corrected chi connectivity index (χ2v) is 9.68. The average molecular weight is 517 g/mol. The molecule has 1 aromatic carbocycles. The van der Waals surface area contributed by atoms with Gasteiger partial charge in [-0.1, -0.05) is 19.1 Å². The molecule has 0 aromatic heterocycles. The molecule has 2 aliphatic heterocycles. The van der Waals surface area contributed by atoms with Crippen LogP contribution in [-0.4, -0.2) is 80.1 Å². The Morgan fingerprint density at radius 3 is 2.46 bits per heavy atom. The van der Waals surface area contributed by atoms with E-state index < -0.39 is 24.0 Å². The Hall–Kier alpha value is -3.34. The molecule has 2 saturated heterocycles. The fraction of sp³-hybridized carbons (Fsp3) is 0.615. The van der Waals surface area contributed by atoms with Crippen LogP contribution in [0.1, 0.15) is 44.6 Å². The van der Waals surface area contributed by atoms with Crippen LogP contribution in [0, 0.1) is 5.92 Å². The van der Waals surface area contributed by atoms with E-state index in [0.717, 1.165) is 11.3 Å². The molecule has 2 aliphatic rings. The molecule has 3 rings (SSSR count). The van der Waals surface area contributed by atoms with Crippen molar-refractivity contribution in [3.05, 3.63) is 29.8 Å². The van der Waals surface area contributed by atoms with Gasteiger partial charge in [0.05, 0.1) is 13.2 Å². The molecule has 2 heterocycles. The second-order valence-electron chi connectivity index (χ2n) is 9.68. The van der Waals surface area contributed by atoms with Crippen molar-refractivity contribution in [2.75, 3.05) is 27.2 Å². The van der Waals surface area contributed by atoms with Crippen molar-refractivity contribution in [1.29, 1.82) is 0 Å². The number of rotatable bonds is 10. The van der Waals surface area contributed by atoms with Gasteiger partial charge < -0.3 is 36.6 Å². The number of nitrogens with zero attached hydrogens (tertiary/aromatic N) is 1. The zero-order valence-corrected chi connectivity index (χ0v) is 21.9. The zero-order chi connectivity index (χ0) is 26.9. The number of hydrogen-bond donors (Lipinski definition) is 5. The number of nitrogens with two attached hydrogens (primary N) is 1. The summed E-state index contributed by atoms with van der Waals surface area (Å²) in [6.45, 7) is 2.46. The highest BCUT2D eigenvalue weighted by Crippen LogP contribution is 2.34. The first-order chi connectivity index (χ1) is 17.8. The Morgan fingerprint density at radius 1 is 1.11 bits per heavy atom. The molecular formula is C26H40N6O5. The maximum absolute atomic E-state index is 13.8. The van der Waals surface area contributed by atoms with Gasteiger partial charge in [0, 0.05) is 32.1 Å². The number of nitrogens with one attached hydrogen (secondary N) is 4. The van der Waals surface area contributed by atoms with Crippen molar-refractivity contribution < 1.29 is 23.9 Å². The summed E-state index contributed by atoms with van der Waals surface area (Å²) in [7, 11) is 3.13. The molecule has 5 amide bonds. The Bertz CT molecular complexity index is 955. The van der Waals surface area contributed by atoms with Crippen LogP contribution in [0.2, 0.25) is 0 Å².